The van der Waals surface area contributed by atoms with E-state index in [1.54, 1.807) is 14.0 Å². The molecule has 100 valence electrons. The summed E-state index contributed by atoms with van der Waals surface area (Å²) in [5, 5.41) is 19.4. The molecule has 0 saturated heterocycles. The molecule has 0 aliphatic heterocycles. The molecule has 0 radical (unpaired) electrons. The van der Waals surface area contributed by atoms with Gasteiger partial charge in [-0.2, -0.15) is 5.26 Å². The fourth-order valence-corrected chi connectivity index (χ4v) is 2.06. The highest BCUT2D eigenvalue weighted by Gasteiger charge is 2.23. The van der Waals surface area contributed by atoms with Crippen molar-refractivity contribution in [3.05, 3.63) is 38.3 Å². The molecule has 1 rings (SSSR count). The van der Waals surface area contributed by atoms with Crippen molar-refractivity contribution in [1.29, 1.82) is 5.26 Å². The molecule has 6 nitrogen and oxygen atoms in total. The molecule has 19 heavy (non-hydrogen) atoms. The lowest BCUT2D eigenvalue weighted by molar-refractivity contribution is -0.385. The molecular formula is C12H12BrN3O3. The molecule has 0 fully saturated rings. The Morgan fingerprint density at radius 1 is 1.63 bits per heavy atom. The Hall–Kier alpha value is -1.94. The molecule has 1 unspecified atom stereocenters. The molecule has 1 aromatic rings. The van der Waals surface area contributed by atoms with Gasteiger partial charge in [0.25, 0.3) is 11.6 Å². The smallest absolute Gasteiger partial charge is 0.284 e. The zero-order valence-electron chi connectivity index (χ0n) is 10.5. The van der Waals surface area contributed by atoms with E-state index in [0.717, 1.165) is 0 Å². The molecule has 1 amide bonds. The molecular weight excluding hydrogens is 314 g/mol. The van der Waals surface area contributed by atoms with Gasteiger partial charge in [-0.25, -0.2) is 0 Å². The van der Waals surface area contributed by atoms with Crippen molar-refractivity contribution in [3.63, 3.8) is 0 Å². The van der Waals surface area contributed by atoms with Crippen LogP contribution in [0.3, 0.4) is 0 Å². The van der Waals surface area contributed by atoms with Crippen molar-refractivity contribution in [1.82, 2.24) is 4.90 Å². The first-order valence-electron chi connectivity index (χ1n) is 5.47. The van der Waals surface area contributed by atoms with Crippen molar-refractivity contribution in [2.45, 2.75) is 19.4 Å². The van der Waals surface area contributed by atoms with Gasteiger partial charge in [0.15, 0.2) is 0 Å². The topological polar surface area (TPSA) is 87.2 Å². The lowest BCUT2D eigenvalue weighted by Crippen LogP contribution is -2.35. The van der Waals surface area contributed by atoms with Crippen LogP contribution in [-0.4, -0.2) is 28.8 Å². The van der Waals surface area contributed by atoms with Crippen molar-refractivity contribution >= 4 is 27.5 Å². The second-order valence-corrected chi connectivity index (χ2v) is 4.82. The average molecular weight is 326 g/mol. The number of rotatable bonds is 4. The molecule has 0 heterocycles. The predicted octanol–water partition coefficient (Wildman–Crippen LogP) is 2.73. The largest absolute Gasteiger partial charge is 0.338 e. The number of carbonyl (C=O) groups excluding carboxylic acids is 1. The molecule has 0 aromatic heterocycles. The number of amides is 1. The first-order valence-corrected chi connectivity index (χ1v) is 6.26. The van der Waals surface area contributed by atoms with E-state index < -0.39 is 4.92 Å². The van der Waals surface area contributed by atoms with Crippen LogP contribution in [0.4, 0.5) is 5.69 Å². The number of carbonyl (C=O) groups is 1. The molecule has 0 N–H and O–H groups in total. The lowest BCUT2D eigenvalue weighted by atomic mass is 10.1. The van der Waals surface area contributed by atoms with Gasteiger partial charge in [0, 0.05) is 19.2 Å². The molecule has 0 aliphatic carbocycles. The van der Waals surface area contributed by atoms with Crippen molar-refractivity contribution < 1.29 is 9.72 Å². The maximum atomic E-state index is 12.2. The average Bonchev–Trinajstić information content (AvgIpc) is 2.37. The zero-order valence-corrected chi connectivity index (χ0v) is 12.0. The highest BCUT2D eigenvalue weighted by atomic mass is 79.9. The lowest BCUT2D eigenvalue weighted by Gasteiger charge is -2.23. The monoisotopic (exact) mass is 325 g/mol. The molecule has 0 spiro atoms. The molecule has 0 bridgehead atoms. The third-order valence-electron chi connectivity index (χ3n) is 2.77. The summed E-state index contributed by atoms with van der Waals surface area (Å²) in [5.41, 5.74) is 0.0497. The van der Waals surface area contributed by atoms with Crippen LogP contribution in [-0.2, 0) is 0 Å². The Kier molecular flexibility index (Phi) is 5.01. The van der Waals surface area contributed by atoms with Crippen LogP contribution < -0.4 is 0 Å². The molecule has 0 saturated carbocycles. The summed E-state index contributed by atoms with van der Waals surface area (Å²) in [7, 11) is 1.57. The third-order valence-corrected chi connectivity index (χ3v) is 3.61. The fraction of sp³-hybridized carbons (Fsp3) is 0.333. The van der Waals surface area contributed by atoms with Crippen molar-refractivity contribution in [3.8, 4) is 6.07 Å². The second kappa shape index (κ2) is 6.29. The number of halogens is 1. The normalized spacial score (nSPS) is 11.5. The van der Waals surface area contributed by atoms with Gasteiger partial charge in [0.05, 0.1) is 23.0 Å². The predicted molar refractivity (Wildman–Crippen MR) is 72.6 cm³/mol. The maximum Gasteiger partial charge on any atom is 0.284 e. The van der Waals surface area contributed by atoms with Gasteiger partial charge in [-0.3, -0.25) is 14.9 Å². The van der Waals surface area contributed by atoms with Crippen LogP contribution in [0.1, 0.15) is 23.7 Å². The van der Waals surface area contributed by atoms with Crippen molar-refractivity contribution in [2.24, 2.45) is 0 Å². The van der Waals surface area contributed by atoms with Crippen LogP contribution in [0.15, 0.2) is 22.7 Å². The van der Waals surface area contributed by atoms with Crippen LogP contribution in [0.2, 0.25) is 0 Å². The number of nitriles is 1. The SMILES string of the molecule is CC(CC#N)N(C)C(=O)c1cccc([N+](=O)[O-])c1Br. The summed E-state index contributed by atoms with van der Waals surface area (Å²) in [6, 6.07) is 6.01. The molecule has 0 aliphatic rings. The Morgan fingerprint density at radius 3 is 2.79 bits per heavy atom. The Bertz CT molecular complexity index is 554. The first-order chi connectivity index (χ1) is 8.90. The van der Waals surface area contributed by atoms with E-state index in [-0.39, 0.29) is 34.1 Å². The third kappa shape index (κ3) is 3.29. The van der Waals surface area contributed by atoms with Gasteiger partial charge >= 0.3 is 0 Å². The van der Waals surface area contributed by atoms with E-state index in [4.69, 9.17) is 5.26 Å². The number of nitro groups is 1. The van der Waals surface area contributed by atoms with E-state index in [2.05, 4.69) is 15.9 Å². The minimum absolute atomic E-state index is 0.154. The van der Waals surface area contributed by atoms with Gasteiger partial charge in [-0.1, -0.05) is 6.07 Å². The van der Waals surface area contributed by atoms with E-state index in [1.807, 2.05) is 6.07 Å². The number of benzene rings is 1. The van der Waals surface area contributed by atoms with Crippen LogP contribution in [0.25, 0.3) is 0 Å². The minimum atomic E-state index is -0.556. The van der Waals surface area contributed by atoms with Gasteiger partial charge < -0.3 is 4.90 Å². The molecule has 7 heteroatoms. The number of nitro benzene ring substituents is 1. The standard InChI is InChI=1S/C12H12BrN3O3/c1-8(6-7-14)15(2)12(17)9-4-3-5-10(11(9)13)16(18)19/h3-5,8H,6H2,1-2H3. The summed E-state index contributed by atoms with van der Waals surface area (Å²) in [6.45, 7) is 1.74. The number of hydrogen-bond donors (Lipinski definition) is 0. The van der Waals surface area contributed by atoms with Crippen LogP contribution >= 0.6 is 15.9 Å². The summed E-state index contributed by atoms with van der Waals surface area (Å²) < 4.78 is 0.154. The highest BCUT2D eigenvalue weighted by molar-refractivity contribution is 9.10. The van der Waals surface area contributed by atoms with Crippen LogP contribution in [0, 0.1) is 21.4 Å². The van der Waals surface area contributed by atoms with Gasteiger partial charge in [-0.15, -0.1) is 0 Å². The Morgan fingerprint density at radius 2 is 2.26 bits per heavy atom. The summed E-state index contributed by atoms with van der Waals surface area (Å²) in [5.74, 6) is -0.363. The first kappa shape index (κ1) is 15.1. The summed E-state index contributed by atoms with van der Waals surface area (Å²) in [6.07, 6.45) is 0.203. The van der Waals surface area contributed by atoms with E-state index in [9.17, 15) is 14.9 Å². The zero-order chi connectivity index (χ0) is 14.6. The van der Waals surface area contributed by atoms with Gasteiger partial charge in [0.1, 0.15) is 4.47 Å². The number of hydrogen-bond acceptors (Lipinski definition) is 4. The highest BCUT2D eigenvalue weighted by Crippen LogP contribution is 2.29. The minimum Gasteiger partial charge on any atom is -0.338 e. The number of nitrogens with zero attached hydrogens (tertiary/aromatic N) is 3. The van der Waals surface area contributed by atoms with E-state index >= 15 is 0 Å². The van der Waals surface area contributed by atoms with Crippen LogP contribution in [0.5, 0.6) is 0 Å². The Labute approximate surface area is 118 Å². The molecule has 1 aromatic carbocycles. The van der Waals surface area contributed by atoms with Gasteiger partial charge in [-0.05, 0) is 28.9 Å². The summed E-state index contributed by atoms with van der Waals surface area (Å²) >= 11 is 3.08. The Balaban J connectivity index is 3.11. The maximum absolute atomic E-state index is 12.2. The van der Waals surface area contributed by atoms with Crippen molar-refractivity contribution in [2.75, 3.05) is 7.05 Å². The second-order valence-electron chi connectivity index (χ2n) is 4.02. The fourth-order valence-electron chi connectivity index (χ4n) is 1.49. The van der Waals surface area contributed by atoms with E-state index in [1.165, 1.54) is 23.1 Å². The molecule has 1 atom stereocenters. The quantitative estimate of drug-likeness (QED) is 0.629. The van der Waals surface area contributed by atoms with Gasteiger partial charge in [0.2, 0.25) is 0 Å². The van der Waals surface area contributed by atoms with E-state index in [0.29, 0.717) is 0 Å². The summed E-state index contributed by atoms with van der Waals surface area (Å²) in [4.78, 5) is 23.9.